The summed E-state index contributed by atoms with van der Waals surface area (Å²) in [4.78, 5) is 22.2. The normalized spacial score (nSPS) is 11.0. The number of aliphatic carboxylic acids is 1. The topological polar surface area (TPSA) is 72.2 Å². The number of benzene rings is 1. The molecule has 0 bridgehead atoms. The van der Waals surface area contributed by atoms with Crippen molar-refractivity contribution < 1.29 is 18.7 Å². The maximum atomic E-state index is 13.3. The van der Waals surface area contributed by atoms with E-state index >= 15 is 0 Å². The van der Waals surface area contributed by atoms with E-state index in [4.69, 9.17) is 5.11 Å². The highest BCUT2D eigenvalue weighted by atomic mass is 19.2. The van der Waals surface area contributed by atoms with Gasteiger partial charge in [0.15, 0.2) is 11.6 Å². The van der Waals surface area contributed by atoms with Gasteiger partial charge in [-0.2, -0.15) is 5.10 Å². The molecule has 5 nitrogen and oxygen atoms in total. The molecule has 2 aromatic rings. The molecular weight excluding hydrogens is 282 g/mol. The molecule has 1 aromatic heterocycles. The van der Waals surface area contributed by atoms with Gasteiger partial charge in [0.25, 0.3) is 0 Å². The Kier molecular flexibility index (Phi) is 3.93. The van der Waals surface area contributed by atoms with Gasteiger partial charge < -0.3 is 5.11 Å². The molecule has 0 spiro atoms. The molecule has 0 saturated heterocycles. The van der Waals surface area contributed by atoms with Crippen LogP contribution in [0.3, 0.4) is 0 Å². The van der Waals surface area contributed by atoms with Crippen molar-refractivity contribution in [2.75, 3.05) is 0 Å². The summed E-state index contributed by atoms with van der Waals surface area (Å²) < 4.78 is 27.4. The second kappa shape index (κ2) is 5.66. The fourth-order valence-electron chi connectivity index (χ4n) is 1.70. The summed E-state index contributed by atoms with van der Waals surface area (Å²) in [6.45, 7) is 1.57. The van der Waals surface area contributed by atoms with Crippen LogP contribution in [0.25, 0.3) is 11.8 Å². The Balaban J connectivity index is 2.58. The lowest BCUT2D eigenvalue weighted by Crippen LogP contribution is -2.16. The van der Waals surface area contributed by atoms with Gasteiger partial charge in [0.05, 0.1) is 5.69 Å². The fraction of sp³-hybridized carbons (Fsp3) is 0.0714. The van der Waals surface area contributed by atoms with Gasteiger partial charge in [-0.25, -0.2) is 18.3 Å². The molecule has 0 saturated carbocycles. The summed E-state index contributed by atoms with van der Waals surface area (Å²) in [6.07, 6.45) is 1.81. The largest absolute Gasteiger partial charge is 0.478 e. The van der Waals surface area contributed by atoms with Crippen LogP contribution in [0.1, 0.15) is 11.4 Å². The van der Waals surface area contributed by atoms with Crippen molar-refractivity contribution in [2.45, 2.75) is 6.92 Å². The third kappa shape index (κ3) is 3.19. The summed E-state index contributed by atoms with van der Waals surface area (Å²) in [5.74, 6) is -3.27. The number of hydrogen-bond acceptors (Lipinski definition) is 3. The Hall–Kier alpha value is -2.83. The van der Waals surface area contributed by atoms with Gasteiger partial charge in [0.1, 0.15) is 5.69 Å². The number of carboxylic acids is 1. The monoisotopic (exact) mass is 292 g/mol. The van der Waals surface area contributed by atoms with Crippen LogP contribution in [-0.4, -0.2) is 20.9 Å². The zero-order valence-corrected chi connectivity index (χ0v) is 10.9. The van der Waals surface area contributed by atoms with Crippen LogP contribution < -0.4 is 5.43 Å². The molecule has 0 amide bonds. The minimum Gasteiger partial charge on any atom is -0.478 e. The number of hydrogen-bond donors (Lipinski definition) is 1. The second-order valence-corrected chi connectivity index (χ2v) is 4.22. The summed E-state index contributed by atoms with van der Waals surface area (Å²) >= 11 is 0. The minimum atomic E-state index is -1.23. The maximum absolute atomic E-state index is 13.3. The number of aryl methyl sites for hydroxylation is 1. The smallest absolute Gasteiger partial charge is 0.328 e. The Morgan fingerprint density at radius 2 is 2.00 bits per heavy atom. The first kappa shape index (κ1) is 14.6. The molecule has 1 aromatic carbocycles. The number of carboxylic acid groups (broad SMARTS) is 1. The van der Waals surface area contributed by atoms with Crippen molar-refractivity contribution in [2.24, 2.45) is 0 Å². The maximum Gasteiger partial charge on any atom is 0.328 e. The molecule has 0 aliphatic rings. The van der Waals surface area contributed by atoms with Crippen molar-refractivity contribution in [1.29, 1.82) is 0 Å². The second-order valence-electron chi connectivity index (χ2n) is 4.22. The molecular formula is C14H10F2N2O3. The van der Waals surface area contributed by atoms with Gasteiger partial charge in [-0.15, -0.1) is 0 Å². The van der Waals surface area contributed by atoms with Crippen LogP contribution in [0.5, 0.6) is 0 Å². The highest BCUT2D eigenvalue weighted by Gasteiger charge is 2.09. The van der Waals surface area contributed by atoms with E-state index in [2.05, 4.69) is 5.10 Å². The predicted octanol–water partition coefficient (Wildman–Crippen LogP) is 1.92. The molecule has 1 N–H and O–H groups in total. The van der Waals surface area contributed by atoms with E-state index < -0.39 is 23.0 Å². The van der Waals surface area contributed by atoms with Crippen LogP contribution in [0.4, 0.5) is 8.78 Å². The minimum absolute atomic E-state index is 0.118. The fourth-order valence-corrected chi connectivity index (χ4v) is 1.70. The summed E-state index contributed by atoms with van der Waals surface area (Å²) in [5.41, 5.74) is 0.0337. The molecule has 21 heavy (non-hydrogen) atoms. The first-order valence-corrected chi connectivity index (χ1v) is 5.86. The lowest BCUT2D eigenvalue weighted by Gasteiger charge is -2.10. The van der Waals surface area contributed by atoms with Crippen LogP contribution in [-0.2, 0) is 4.79 Å². The van der Waals surface area contributed by atoms with Gasteiger partial charge in [-0.1, -0.05) is 0 Å². The average Bonchev–Trinajstić information content (AvgIpc) is 2.41. The van der Waals surface area contributed by atoms with Gasteiger partial charge in [0, 0.05) is 23.9 Å². The van der Waals surface area contributed by atoms with Gasteiger partial charge in [0.2, 0.25) is 5.43 Å². The van der Waals surface area contributed by atoms with Crippen LogP contribution in [0.15, 0.2) is 35.1 Å². The van der Waals surface area contributed by atoms with Crippen molar-refractivity contribution in [3.63, 3.8) is 0 Å². The molecule has 1 heterocycles. The Labute approximate surface area is 117 Å². The number of nitrogens with zero attached hydrogens (tertiary/aromatic N) is 2. The van der Waals surface area contributed by atoms with Gasteiger partial charge in [-0.3, -0.25) is 4.79 Å². The van der Waals surface area contributed by atoms with E-state index in [1.54, 1.807) is 6.92 Å². The average molecular weight is 292 g/mol. The lowest BCUT2D eigenvalue weighted by atomic mass is 10.2. The third-order valence-corrected chi connectivity index (χ3v) is 2.67. The zero-order valence-electron chi connectivity index (χ0n) is 10.9. The number of halogens is 2. The Bertz CT molecular complexity index is 797. The van der Waals surface area contributed by atoms with Crippen LogP contribution in [0.2, 0.25) is 0 Å². The molecule has 0 fully saturated rings. The Morgan fingerprint density at radius 1 is 1.29 bits per heavy atom. The van der Waals surface area contributed by atoms with E-state index in [1.165, 1.54) is 16.8 Å². The highest BCUT2D eigenvalue weighted by molar-refractivity contribution is 5.84. The van der Waals surface area contributed by atoms with Crippen molar-refractivity contribution >= 4 is 12.0 Å². The first-order chi connectivity index (χ1) is 9.88. The van der Waals surface area contributed by atoms with E-state index in [9.17, 15) is 18.4 Å². The molecule has 0 aliphatic heterocycles. The summed E-state index contributed by atoms with van der Waals surface area (Å²) in [7, 11) is 0. The van der Waals surface area contributed by atoms with Crippen LogP contribution >= 0.6 is 0 Å². The molecule has 7 heteroatoms. The first-order valence-electron chi connectivity index (χ1n) is 5.86. The number of aromatic nitrogens is 2. The summed E-state index contributed by atoms with van der Waals surface area (Å²) in [6, 6.07) is 4.41. The van der Waals surface area contributed by atoms with Crippen molar-refractivity contribution in [3.05, 3.63) is 63.6 Å². The van der Waals surface area contributed by atoms with Crippen molar-refractivity contribution in [3.8, 4) is 5.69 Å². The lowest BCUT2D eigenvalue weighted by molar-refractivity contribution is -0.131. The van der Waals surface area contributed by atoms with E-state index in [1.807, 2.05) is 0 Å². The molecule has 2 rings (SSSR count). The SMILES string of the molecule is Cc1cc(=O)c(/C=C/C(=O)O)nn1-c1ccc(F)c(F)c1. The number of rotatable bonds is 3. The molecule has 0 atom stereocenters. The predicted molar refractivity (Wildman–Crippen MR) is 71.2 cm³/mol. The molecule has 108 valence electrons. The number of carbonyl (C=O) groups is 1. The van der Waals surface area contributed by atoms with E-state index in [0.29, 0.717) is 5.69 Å². The zero-order chi connectivity index (χ0) is 15.6. The van der Waals surface area contributed by atoms with E-state index in [-0.39, 0.29) is 11.4 Å². The van der Waals surface area contributed by atoms with Gasteiger partial charge in [-0.05, 0) is 25.1 Å². The molecule has 0 radical (unpaired) electrons. The third-order valence-electron chi connectivity index (χ3n) is 2.67. The summed E-state index contributed by atoms with van der Waals surface area (Å²) in [5, 5.41) is 12.5. The van der Waals surface area contributed by atoms with E-state index in [0.717, 1.165) is 24.3 Å². The Morgan fingerprint density at radius 3 is 2.62 bits per heavy atom. The molecule has 0 aliphatic carbocycles. The standard InChI is InChI=1S/C14H10F2N2O3/c1-8-6-13(19)12(4-5-14(20)21)17-18(8)9-2-3-10(15)11(16)7-9/h2-7H,1H3,(H,20,21)/b5-4+. The molecule has 0 unspecified atom stereocenters. The van der Waals surface area contributed by atoms with Crippen molar-refractivity contribution in [1.82, 2.24) is 9.78 Å². The van der Waals surface area contributed by atoms with Gasteiger partial charge >= 0.3 is 5.97 Å². The quantitative estimate of drug-likeness (QED) is 0.877. The van der Waals surface area contributed by atoms with Crippen LogP contribution in [0, 0.1) is 18.6 Å². The highest BCUT2D eigenvalue weighted by Crippen LogP contribution is 2.13.